The van der Waals surface area contributed by atoms with Gasteiger partial charge in [-0.15, -0.1) is 0 Å². The molecule has 3 rings (SSSR count). The van der Waals surface area contributed by atoms with Gasteiger partial charge in [0.15, 0.2) is 5.13 Å². The van der Waals surface area contributed by atoms with Gasteiger partial charge < -0.3 is 4.90 Å². The fourth-order valence-electron chi connectivity index (χ4n) is 3.39. The van der Waals surface area contributed by atoms with Gasteiger partial charge in [-0.05, 0) is 24.8 Å². The van der Waals surface area contributed by atoms with Crippen LogP contribution in [0.4, 0.5) is 5.13 Å². The third kappa shape index (κ3) is 4.38. The maximum Gasteiger partial charge on any atom is 0.233 e. The fraction of sp³-hybridized carbons (Fsp3) is 0.476. The first-order valence-corrected chi connectivity index (χ1v) is 10.4. The average molecular weight is 386 g/mol. The lowest BCUT2D eigenvalue weighted by Gasteiger charge is -2.34. The number of likely N-dealkylation sites (tertiary alicyclic amines) is 1. The number of amides is 2. The first kappa shape index (κ1) is 19.5. The summed E-state index contributed by atoms with van der Waals surface area (Å²) in [7, 11) is 1.78. The largest absolute Gasteiger partial charge is 0.342 e. The summed E-state index contributed by atoms with van der Waals surface area (Å²) in [6.45, 7) is 5.26. The molecular formula is C21H27N3O2S. The molecule has 2 aromatic rings. The number of benzene rings is 1. The average Bonchev–Trinajstić information content (AvgIpc) is 3.22. The summed E-state index contributed by atoms with van der Waals surface area (Å²) in [5, 5.41) is 0.698. The molecule has 0 spiro atoms. The molecule has 1 aliphatic heterocycles. The van der Waals surface area contributed by atoms with Gasteiger partial charge in [0.25, 0.3) is 0 Å². The predicted octanol–water partition coefficient (Wildman–Crippen LogP) is 4.06. The molecule has 1 aromatic heterocycles. The molecule has 2 amide bonds. The van der Waals surface area contributed by atoms with Gasteiger partial charge in [0.05, 0.1) is 10.8 Å². The molecule has 0 saturated carbocycles. The molecule has 2 atom stereocenters. The monoisotopic (exact) mass is 385 g/mol. The summed E-state index contributed by atoms with van der Waals surface area (Å²) in [5.74, 6) is 0.0775. The molecule has 2 heterocycles. The zero-order chi connectivity index (χ0) is 19.4. The van der Waals surface area contributed by atoms with Crippen molar-refractivity contribution in [2.45, 2.75) is 33.1 Å². The Labute approximate surface area is 165 Å². The Bertz CT molecular complexity index is 790. The smallest absolute Gasteiger partial charge is 0.233 e. The molecule has 5 nitrogen and oxygen atoms in total. The standard InChI is InChI=1S/C21H27N3O2S/c1-4-15(2)19(25)24-12-8-11-17(14-24)20(26)23(3)21-22-13-18(27-21)16-9-6-5-7-10-16/h5-7,9-10,13,15,17H,4,8,11-12,14H2,1-3H3/t15-,17+/m1/s1. The zero-order valence-electron chi connectivity index (χ0n) is 16.2. The van der Waals surface area contributed by atoms with E-state index in [1.165, 1.54) is 11.3 Å². The van der Waals surface area contributed by atoms with Crippen LogP contribution in [0.5, 0.6) is 0 Å². The number of carbonyl (C=O) groups is 2. The van der Waals surface area contributed by atoms with Crippen molar-refractivity contribution < 1.29 is 9.59 Å². The quantitative estimate of drug-likeness (QED) is 0.780. The lowest BCUT2D eigenvalue weighted by atomic mass is 9.95. The van der Waals surface area contributed by atoms with Crippen molar-refractivity contribution >= 4 is 28.3 Å². The van der Waals surface area contributed by atoms with E-state index in [1.54, 1.807) is 11.9 Å². The second-order valence-electron chi connectivity index (χ2n) is 7.20. The van der Waals surface area contributed by atoms with Crippen molar-refractivity contribution in [3.05, 3.63) is 36.5 Å². The van der Waals surface area contributed by atoms with E-state index in [4.69, 9.17) is 0 Å². The van der Waals surface area contributed by atoms with Gasteiger partial charge in [-0.1, -0.05) is 55.5 Å². The Balaban J connectivity index is 1.68. The van der Waals surface area contributed by atoms with E-state index in [9.17, 15) is 9.59 Å². The highest BCUT2D eigenvalue weighted by molar-refractivity contribution is 7.19. The summed E-state index contributed by atoms with van der Waals surface area (Å²) >= 11 is 1.52. The highest BCUT2D eigenvalue weighted by atomic mass is 32.1. The number of hydrogen-bond acceptors (Lipinski definition) is 4. The normalized spacial score (nSPS) is 18.2. The molecule has 1 fully saturated rings. The predicted molar refractivity (Wildman–Crippen MR) is 110 cm³/mol. The Hall–Kier alpha value is -2.21. The number of thiazole rings is 1. The van der Waals surface area contributed by atoms with E-state index < -0.39 is 0 Å². The van der Waals surface area contributed by atoms with Crippen LogP contribution in [0, 0.1) is 11.8 Å². The van der Waals surface area contributed by atoms with Gasteiger partial charge in [-0.25, -0.2) is 4.98 Å². The maximum absolute atomic E-state index is 13.0. The van der Waals surface area contributed by atoms with Gasteiger partial charge in [0, 0.05) is 32.3 Å². The molecule has 0 aliphatic carbocycles. The topological polar surface area (TPSA) is 53.5 Å². The lowest BCUT2D eigenvalue weighted by Crippen LogP contribution is -2.47. The van der Waals surface area contributed by atoms with Gasteiger partial charge in [-0.3, -0.25) is 14.5 Å². The van der Waals surface area contributed by atoms with Crippen LogP contribution < -0.4 is 4.90 Å². The Kier molecular flexibility index (Phi) is 6.26. The molecule has 0 bridgehead atoms. The second kappa shape index (κ2) is 8.65. The van der Waals surface area contributed by atoms with Crippen LogP contribution in [0.2, 0.25) is 0 Å². The molecule has 1 aromatic carbocycles. The van der Waals surface area contributed by atoms with Crippen LogP contribution in [0.25, 0.3) is 10.4 Å². The summed E-state index contributed by atoms with van der Waals surface area (Å²) in [5.41, 5.74) is 1.10. The van der Waals surface area contributed by atoms with Crippen molar-refractivity contribution in [2.75, 3.05) is 25.0 Å². The molecule has 1 saturated heterocycles. The maximum atomic E-state index is 13.0. The van der Waals surface area contributed by atoms with Crippen LogP contribution in [-0.4, -0.2) is 41.8 Å². The molecule has 0 radical (unpaired) electrons. The molecule has 6 heteroatoms. The molecule has 1 aliphatic rings. The lowest BCUT2D eigenvalue weighted by molar-refractivity contribution is -0.138. The van der Waals surface area contributed by atoms with Gasteiger partial charge in [0.1, 0.15) is 0 Å². The first-order valence-electron chi connectivity index (χ1n) is 9.58. The summed E-state index contributed by atoms with van der Waals surface area (Å²) in [6.07, 6.45) is 4.35. The van der Waals surface area contributed by atoms with Crippen LogP contribution in [-0.2, 0) is 9.59 Å². The number of piperidine rings is 1. The fourth-order valence-corrected chi connectivity index (χ4v) is 4.28. The first-order chi connectivity index (χ1) is 13.0. The van der Waals surface area contributed by atoms with E-state index in [2.05, 4.69) is 4.98 Å². The van der Waals surface area contributed by atoms with E-state index in [1.807, 2.05) is 55.3 Å². The minimum atomic E-state index is -0.152. The minimum Gasteiger partial charge on any atom is -0.342 e. The van der Waals surface area contributed by atoms with Crippen LogP contribution in [0.3, 0.4) is 0 Å². The van der Waals surface area contributed by atoms with Crippen LogP contribution in [0.1, 0.15) is 33.1 Å². The summed E-state index contributed by atoms with van der Waals surface area (Å²) in [6, 6.07) is 10.1. The summed E-state index contributed by atoms with van der Waals surface area (Å²) < 4.78 is 0. The van der Waals surface area contributed by atoms with E-state index in [-0.39, 0.29) is 23.7 Å². The number of rotatable bonds is 5. The van der Waals surface area contributed by atoms with Crippen molar-refractivity contribution in [3.63, 3.8) is 0 Å². The third-order valence-corrected chi connectivity index (χ3v) is 6.41. The number of nitrogens with zero attached hydrogens (tertiary/aromatic N) is 3. The Morgan fingerprint density at radius 1 is 1.33 bits per heavy atom. The molecular weight excluding hydrogens is 358 g/mol. The van der Waals surface area contributed by atoms with Crippen molar-refractivity contribution in [1.82, 2.24) is 9.88 Å². The van der Waals surface area contributed by atoms with Gasteiger partial charge in [-0.2, -0.15) is 0 Å². The number of aromatic nitrogens is 1. The molecule has 0 N–H and O–H groups in total. The van der Waals surface area contributed by atoms with E-state index in [0.717, 1.165) is 36.2 Å². The minimum absolute atomic E-state index is 0.0176. The second-order valence-corrected chi connectivity index (χ2v) is 8.21. The third-order valence-electron chi connectivity index (χ3n) is 5.29. The van der Waals surface area contributed by atoms with Gasteiger partial charge >= 0.3 is 0 Å². The van der Waals surface area contributed by atoms with Crippen molar-refractivity contribution in [2.24, 2.45) is 11.8 Å². The number of anilines is 1. The Morgan fingerprint density at radius 3 is 2.78 bits per heavy atom. The summed E-state index contributed by atoms with van der Waals surface area (Å²) in [4.78, 5) is 34.5. The van der Waals surface area contributed by atoms with Crippen molar-refractivity contribution in [3.8, 4) is 10.4 Å². The van der Waals surface area contributed by atoms with E-state index >= 15 is 0 Å². The molecule has 27 heavy (non-hydrogen) atoms. The SMILES string of the molecule is CC[C@@H](C)C(=O)N1CCC[C@H](C(=O)N(C)c2ncc(-c3ccccc3)s2)C1. The number of hydrogen-bond donors (Lipinski definition) is 0. The number of carbonyl (C=O) groups excluding carboxylic acids is 2. The van der Waals surface area contributed by atoms with Crippen LogP contribution >= 0.6 is 11.3 Å². The van der Waals surface area contributed by atoms with Gasteiger partial charge in [0.2, 0.25) is 11.8 Å². The zero-order valence-corrected chi connectivity index (χ0v) is 17.0. The van der Waals surface area contributed by atoms with E-state index in [0.29, 0.717) is 11.7 Å². The highest BCUT2D eigenvalue weighted by Crippen LogP contribution is 2.32. The molecule has 144 valence electrons. The Morgan fingerprint density at radius 2 is 2.07 bits per heavy atom. The van der Waals surface area contributed by atoms with Crippen LogP contribution in [0.15, 0.2) is 36.5 Å². The van der Waals surface area contributed by atoms with Crippen molar-refractivity contribution in [1.29, 1.82) is 0 Å². The highest BCUT2D eigenvalue weighted by Gasteiger charge is 2.32. The molecule has 0 unspecified atom stereocenters.